The third-order valence-electron chi connectivity index (χ3n) is 5.77. The molecule has 2 aromatic carbocycles. The van der Waals surface area contributed by atoms with Crippen LogP contribution in [0.5, 0.6) is 17.2 Å². The first kappa shape index (κ1) is 23.2. The molecule has 3 rings (SSSR count). The zero-order valence-electron chi connectivity index (χ0n) is 19.3. The Balaban J connectivity index is 1.77. The Morgan fingerprint density at radius 2 is 1.77 bits per heavy atom. The summed E-state index contributed by atoms with van der Waals surface area (Å²) in [6.45, 7) is 6.13. The Kier molecular flexibility index (Phi) is 8.80. The fourth-order valence-electron chi connectivity index (χ4n) is 4.27. The highest BCUT2D eigenvalue weighted by molar-refractivity contribution is 5.54. The minimum atomic E-state index is 0.626. The molecule has 1 atom stereocenters. The number of hydrogen-bond donors (Lipinski definition) is 1. The van der Waals surface area contributed by atoms with Gasteiger partial charge in [0.05, 0.1) is 21.3 Å². The Hall–Kier alpha value is -2.50. The first-order valence-corrected chi connectivity index (χ1v) is 11.1. The molecule has 1 fully saturated rings. The molecule has 1 aliphatic heterocycles. The summed E-state index contributed by atoms with van der Waals surface area (Å²) in [5.74, 6) is 2.03. The molecule has 0 radical (unpaired) electrons. The van der Waals surface area contributed by atoms with Crippen LogP contribution in [0.15, 0.2) is 48.0 Å². The molecule has 5 heteroatoms. The van der Waals surface area contributed by atoms with Gasteiger partial charge in [-0.3, -0.25) is 4.90 Å². The minimum absolute atomic E-state index is 0.626. The first-order chi connectivity index (χ1) is 15.1. The summed E-state index contributed by atoms with van der Waals surface area (Å²) < 4.78 is 16.6. The molecule has 1 saturated heterocycles. The van der Waals surface area contributed by atoms with Crippen molar-refractivity contribution < 1.29 is 14.2 Å². The highest BCUT2D eigenvalue weighted by Gasteiger charge is 2.18. The molecule has 5 nitrogen and oxygen atoms in total. The molecule has 0 aromatic heterocycles. The number of rotatable bonds is 11. The van der Waals surface area contributed by atoms with E-state index in [4.69, 9.17) is 14.2 Å². The van der Waals surface area contributed by atoms with E-state index in [0.717, 1.165) is 38.2 Å². The molecule has 1 heterocycles. The van der Waals surface area contributed by atoms with Crippen molar-refractivity contribution in [2.24, 2.45) is 0 Å². The van der Waals surface area contributed by atoms with E-state index in [-0.39, 0.29) is 0 Å². The van der Waals surface area contributed by atoms with E-state index in [9.17, 15) is 0 Å². The second kappa shape index (κ2) is 11.8. The van der Waals surface area contributed by atoms with E-state index in [1.54, 1.807) is 21.3 Å². The van der Waals surface area contributed by atoms with Crippen LogP contribution in [0.25, 0.3) is 6.08 Å². The Bertz CT molecular complexity index is 820. The second-order valence-electron chi connectivity index (χ2n) is 8.23. The average Bonchev–Trinajstić information content (AvgIpc) is 3.31. The van der Waals surface area contributed by atoms with Gasteiger partial charge < -0.3 is 19.5 Å². The van der Waals surface area contributed by atoms with Crippen molar-refractivity contribution in [2.45, 2.75) is 38.8 Å². The van der Waals surface area contributed by atoms with Crippen molar-refractivity contribution in [1.29, 1.82) is 0 Å². The van der Waals surface area contributed by atoms with Gasteiger partial charge in [0.1, 0.15) is 0 Å². The van der Waals surface area contributed by atoms with E-state index >= 15 is 0 Å². The molecule has 1 aliphatic rings. The van der Waals surface area contributed by atoms with Gasteiger partial charge in [-0.15, -0.1) is 0 Å². The lowest BCUT2D eigenvalue weighted by molar-refractivity contribution is 0.270. The number of benzene rings is 2. The topological polar surface area (TPSA) is 43.0 Å². The SMILES string of the molecule is COc1cc(CN(CCC2CCCN2)C/C(C)=C/c2ccccc2)cc(OC)c1OC. The summed E-state index contributed by atoms with van der Waals surface area (Å²) in [6.07, 6.45) is 5.99. The monoisotopic (exact) mass is 424 g/mol. The van der Waals surface area contributed by atoms with Gasteiger partial charge in [0.25, 0.3) is 0 Å². The lowest BCUT2D eigenvalue weighted by Gasteiger charge is -2.25. The third-order valence-corrected chi connectivity index (χ3v) is 5.77. The summed E-state index contributed by atoms with van der Waals surface area (Å²) in [5.41, 5.74) is 3.74. The maximum absolute atomic E-state index is 5.56. The Labute approximate surface area is 187 Å². The first-order valence-electron chi connectivity index (χ1n) is 11.1. The predicted octanol–water partition coefficient (Wildman–Crippen LogP) is 4.76. The molecule has 2 aromatic rings. The zero-order valence-corrected chi connectivity index (χ0v) is 19.3. The minimum Gasteiger partial charge on any atom is -0.493 e. The maximum atomic E-state index is 5.56. The van der Waals surface area contributed by atoms with Crippen LogP contribution in [0.3, 0.4) is 0 Å². The van der Waals surface area contributed by atoms with Crippen LogP contribution in [-0.2, 0) is 6.54 Å². The summed E-state index contributed by atoms with van der Waals surface area (Å²) in [5, 5.41) is 3.62. The summed E-state index contributed by atoms with van der Waals surface area (Å²) in [4.78, 5) is 2.51. The molecule has 0 bridgehead atoms. The van der Waals surface area contributed by atoms with Gasteiger partial charge in [-0.1, -0.05) is 42.0 Å². The van der Waals surface area contributed by atoms with Gasteiger partial charge >= 0.3 is 0 Å². The largest absolute Gasteiger partial charge is 0.493 e. The quantitative estimate of drug-likeness (QED) is 0.563. The fourth-order valence-corrected chi connectivity index (χ4v) is 4.27. The van der Waals surface area contributed by atoms with Crippen molar-refractivity contribution in [3.63, 3.8) is 0 Å². The zero-order chi connectivity index (χ0) is 22.1. The van der Waals surface area contributed by atoms with Crippen LogP contribution in [-0.4, -0.2) is 51.9 Å². The lowest BCUT2D eigenvalue weighted by atomic mass is 10.1. The van der Waals surface area contributed by atoms with Crippen LogP contribution in [0.1, 0.15) is 37.3 Å². The van der Waals surface area contributed by atoms with Gasteiger partial charge in [-0.25, -0.2) is 0 Å². The predicted molar refractivity (Wildman–Crippen MR) is 127 cm³/mol. The molecule has 1 unspecified atom stereocenters. The highest BCUT2D eigenvalue weighted by Crippen LogP contribution is 2.38. The normalized spacial score (nSPS) is 16.5. The summed E-state index contributed by atoms with van der Waals surface area (Å²) in [7, 11) is 4.97. The number of methoxy groups -OCH3 is 3. The van der Waals surface area contributed by atoms with Crippen LogP contribution in [0.4, 0.5) is 0 Å². The van der Waals surface area contributed by atoms with E-state index in [2.05, 4.69) is 65.7 Å². The number of nitrogens with one attached hydrogen (secondary N) is 1. The Morgan fingerprint density at radius 1 is 1.06 bits per heavy atom. The number of hydrogen-bond acceptors (Lipinski definition) is 5. The van der Waals surface area contributed by atoms with E-state index in [1.165, 1.54) is 24.0 Å². The maximum Gasteiger partial charge on any atom is 0.203 e. The smallest absolute Gasteiger partial charge is 0.203 e. The molecule has 0 spiro atoms. The molecule has 0 amide bonds. The van der Waals surface area contributed by atoms with Crippen molar-refractivity contribution in [2.75, 3.05) is 41.0 Å². The van der Waals surface area contributed by atoms with Gasteiger partial charge in [-0.05, 0) is 56.0 Å². The number of ether oxygens (including phenoxy) is 3. The van der Waals surface area contributed by atoms with Gasteiger partial charge in [0, 0.05) is 25.7 Å². The molecule has 168 valence electrons. The fraction of sp³-hybridized carbons (Fsp3) is 0.462. The van der Waals surface area contributed by atoms with E-state index in [0.29, 0.717) is 23.3 Å². The van der Waals surface area contributed by atoms with Crippen LogP contribution in [0.2, 0.25) is 0 Å². The second-order valence-corrected chi connectivity index (χ2v) is 8.23. The van der Waals surface area contributed by atoms with Crippen molar-refractivity contribution in [1.82, 2.24) is 10.2 Å². The van der Waals surface area contributed by atoms with Gasteiger partial charge in [-0.2, -0.15) is 0 Å². The van der Waals surface area contributed by atoms with Gasteiger partial charge in [0.15, 0.2) is 11.5 Å². The summed E-state index contributed by atoms with van der Waals surface area (Å²) in [6, 6.07) is 15.2. The van der Waals surface area contributed by atoms with Gasteiger partial charge in [0.2, 0.25) is 5.75 Å². The van der Waals surface area contributed by atoms with Crippen LogP contribution in [0, 0.1) is 0 Å². The standard InChI is InChI=1S/C26H36N2O3/c1-20(15-21-9-6-5-7-10-21)18-28(14-12-23-11-8-13-27-23)19-22-16-24(29-2)26(31-4)25(17-22)30-3/h5-7,9-10,15-17,23,27H,8,11-14,18-19H2,1-4H3/b20-15+. The lowest BCUT2D eigenvalue weighted by Crippen LogP contribution is -2.31. The highest BCUT2D eigenvalue weighted by atomic mass is 16.5. The molecular formula is C26H36N2O3. The molecule has 1 N–H and O–H groups in total. The molecule has 31 heavy (non-hydrogen) atoms. The van der Waals surface area contributed by atoms with E-state index < -0.39 is 0 Å². The van der Waals surface area contributed by atoms with Crippen molar-refractivity contribution >= 4 is 6.08 Å². The molecule has 0 saturated carbocycles. The van der Waals surface area contributed by atoms with Crippen LogP contribution < -0.4 is 19.5 Å². The Morgan fingerprint density at radius 3 is 2.35 bits per heavy atom. The van der Waals surface area contributed by atoms with Crippen LogP contribution >= 0.6 is 0 Å². The van der Waals surface area contributed by atoms with E-state index in [1.807, 2.05) is 0 Å². The third kappa shape index (κ3) is 6.74. The number of nitrogens with zero attached hydrogens (tertiary/aromatic N) is 1. The molecular weight excluding hydrogens is 388 g/mol. The summed E-state index contributed by atoms with van der Waals surface area (Å²) >= 11 is 0. The van der Waals surface area contributed by atoms with Crippen molar-refractivity contribution in [3.8, 4) is 17.2 Å². The average molecular weight is 425 g/mol. The van der Waals surface area contributed by atoms with Crippen molar-refractivity contribution in [3.05, 3.63) is 59.2 Å². The molecule has 0 aliphatic carbocycles.